The number of hydrogen-bond donors (Lipinski definition) is 0. The normalized spacial score (nSPS) is 14.2. The third-order valence-corrected chi connectivity index (χ3v) is 4.49. The van der Waals surface area contributed by atoms with Gasteiger partial charge in [-0.25, -0.2) is 0 Å². The summed E-state index contributed by atoms with van der Waals surface area (Å²) in [7, 11) is 0. The van der Waals surface area contributed by atoms with E-state index in [-0.39, 0.29) is 23.5 Å². The lowest BCUT2D eigenvalue weighted by molar-refractivity contribution is -0.122. The first kappa shape index (κ1) is 16.0. The summed E-state index contributed by atoms with van der Waals surface area (Å²) < 4.78 is 0. The van der Waals surface area contributed by atoms with Crippen LogP contribution in [0.3, 0.4) is 0 Å². The van der Waals surface area contributed by atoms with E-state index < -0.39 is 0 Å². The van der Waals surface area contributed by atoms with Gasteiger partial charge in [0.2, 0.25) is 5.91 Å². The molecule has 0 radical (unpaired) electrons. The molecule has 114 valence electrons. The summed E-state index contributed by atoms with van der Waals surface area (Å²) >= 11 is 5.61. The lowest BCUT2D eigenvalue weighted by atomic mass is 9.95. The predicted octanol–water partition coefficient (Wildman–Crippen LogP) is 3.82. The van der Waals surface area contributed by atoms with Crippen LogP contribution in [0.25, 0.3) is 0 Å². The van der Waals surface area contributed by atoms with Crippen molar-refractivity contribution in [2.75, 3.05) is 17.3 Å². The lowest BCUT2D eigenvalue weighted by Crippen LogP contribution is -2.39. The molecule has 0 aromatic heterocycles. The van der Waals surface area contributed by atoms with Gasteiger partial charge in [-0.1, -0.05) is 13.8 Å². The zero-order chi connectivity index (χ0) is 15.4. The van der Waals surface area contributed by atoms with E-state index in [0.29, 0.717) is 5.56 Å². The minimum Gasteiger partial charge on any atom is -0.312 e. The van der Waals surface area contributed by atoms with E-state index in [2.05, 4.69) is 13.8 Å². The summed E-state index contributed by atoms with van der Waals surface area (Å²) in [6.45, 7) is 4.88. The van der Waals surface area contributed by atoms with E-state index in [1.54, 1.807) is 6.07 Å². The van der Waals surface area contributed by atoms with Gasteiger partial charge in [-0.3, -0.25) is 9.59 Å². The highest BCUT2D eigenvalue weighted by Gasteiger charge is 2.27. The Hall–Kier alpha value is -1.35. The third kappa shape index (κ3) is 3.29. The minimum absolute atomic E-state index is 0.00479. The van der Waals surface area contributed by atoms with Gasteiger partial charge in [0.25, 0.3) is 0 Å². The second-order valence-corrected chi connectivity index (χ2v) is 5.77. The SMILES string of the molecule is CCC(CC)C(=O)N1CCCc2cc(C(=O)CCl)ccc21. The van der Waals surface area contributed by atoms with Crippen molar-refractivity contribution >= 4 is 29.0 Å². The molecule has 0 spiro atoms. The smallest absolute Gasteiger partial charge is 0.230 e. The number of rotatable bonds is 5. The van der Waals surface area contributed by atoms with E-state index in [1.807, 2.05) is 17.0 Å². The van der Waals surface area contributed by atoms with Crippen molar-refractivity contribution in [3.8, 4) is 0 Å². The average Bonchev–Trinajstić information content (AvgIpc) is 2.53. The molecule has 1 aliphatic rings. The predicted molar refractivity (Wildman–Crippen MR) is 86.2 cm³/mol. The van der Waals surface area contributed by atoms with Crippen LogP contribution < -0.4 is 4.90 Å². The molecule has 3 nitrogen and oxygen atoms in total. The van der Waals surface area contributed by atoms with Gasteiger partial charge in [0.15, 0.2) is 5.78 Å². The van der Waals surface area contributed by atoms with Gasteiger partial charge >= 0.3 is 0 Å². The molecule has 2 rings (SSSR count). The van der Waals surface area contributed by atoms with Crippen molar-refractivity contribution in [3.05, 3.63) is 29.3 Å². The summed E-state index contributed by atoms with van der Waals surface area (Å²) in [4.78, 5) is 26.2. The van der Waals surface area contributed by atoms with Crippen molar-refractivity contribution in [1.29, 1.82) is 0 Å². The Kier molecular flexibility index (Phi) is 5.40. The van der Waals surface area contributed by atoms with Crippen LogP contribution in [0, 0.1) is 5.92 Å². The molecule has 0 fully saturated rings. The Morgan fingerprint density at radius 2 is 2.00 bits per heavy atom. The molecule has 1 aliphatic heterocycles. The van der Waals surface area contributed by atoms with E-state index in [1.165, 1.54) is 0 Å². The summed E-state index contributed by atoms with van der Waals surface area (Å²) in [6, 6.07) is 5.57. The molecule has 0 saturated carbocycles. The standard InChI is InChI=1S/C17H22ClNO2/c1-3-12(4-2)17(21)19-9-5-6-13-10-14(16(20)11-18)7-8-15(13)19/h7-8,10,12H,3-6,9,11H2,1-2H3. The molecule has 0 saturated heterocycles. The highest BCUT2D eigenvalue weighted by atomic mass is 35.5. The first-order valence-corrected chi connectivity index (χ1v) is 8.19. The second kappa shape index (κ2) is 7.08. The van der Waals surface area contributed by atoms with Gasteiger partial charge in [-0.05, 0) is 49.4 Å². The van der Waals surface area contributed by atoms with E-state index in [0.717, 1.165) is 43.5 Å². The molecule has 0 unspecified atom stereocenters. The van der Waals surface area contributed by atoms with E-state index in [9.17, 15) is 9.59 Å². The molecule has 0 N–H and O–H groups in total. The molecule has 1 aromatic carbocycles. The maximum absolute atomic E-state index is 12.6. The summed E-state index contributed by atoms with van der Waals surface area (Å²) in [5.41, 5.74) is 2.68. The number of aryl methyl sites for hydroxylation is 1. The number of carbonyl (C=O) groups is 2. The number of anilines is 1. The zero-order valence-electron chi connectivity index (χ0n) is 12.7. The molecule has 0 bridgehead atoms. The number of hydrogen-bond acceptors (Lipinski definition) is 2. The van der Waals surface area contributed by atoms with Crippen molar-refractivity contribution in [3.63, 3.8) is 0 Å². The van der Waals surface area contributed by atoms with Gasteiger partial charge in [0, 0.05) is 23.7 Å². The molecule has 1 amide bonds. The van der Waals surface area contributed by atoms with Gasteiger partial charge in [0.05, 0.1) is 5.88 Å². The first-order valence-electron chi connectivity index (χ1n) is 7.65. The fraction of sp³-hybridized carbons (Fsp3) is 0.529. The van der Waals surface area contributed by atoms with Crippen LogP contribution in [-0.4, -0.2) is 24.1 Å². The molecular formula is C17H22ClNO2. The number of nitrogens with zero attached hydrogens (tertiary/aromatic N) is 1. The molecule has 0 aliphatic carbocycles. The number of benzene rings is 1. The first-order chi connectivity index (χ1) is 10.1. The number of carbonyl (C=O) groups excluding carboxylic acids is 2. The highest BCUT2D eigenvalue weighted by Crippen LogP contribution is 2.30. The minimum atomic E-state index is -0.0668. The Morgan fingerprint density at radius 1 is 1.29 bits per heavy atom. The van der Waals surface area contributed by atoms with Crippen LogP contribution >= 0.6 is 11.6 Å². The van der Waals surface area contributed by atoms with E-state index >= 15 is 0 Å². The van der Waals surface area contributed by atoms with Crippen LogP contribution in [-0.2, 0) is 11.2 Å². The molecule has 0 atom stereocenters. The summed E-state index contributed by atoms with van der Waals surface area (Å²) in [5, 5.41) is 0. The third-order valence-electron chi connectivity index (χ3n) is 4.24. The quantitative estimate of drug-likeness (QED) is 0.612. The summed E-state index contributed by atoms with van der Waals surface area (Å²) in [6.07, 6.45) is 3.58. The molecular weight excluding hydrogens is 286 g/mol. The second-order valence-electron chi connectivity index (χ2n) is 5.51. The van der Waals surface area contributed by atoms with Crippen LogP contribution in [0.5, 0.6) is 0 Å². The Morgan fingerprint density at radius 3 is 2.62 bits per heavy atom. The van der Waals surface area contributed by atoms with Gasteiger partial charge in [-0.15, -0.1) is 11.6 Å². The number of Topliss-reactive ketones (excluding diaryl/α,β-unsaturated/α-hetero) is 1. The fourth-order valence-corrected chi connectivity index (χ4v) is 3.09. The van der Waals surface area contributed by atoms with Gasteiger partial charge < -0.3 is 4.90 Å². The van der Waals surface area contributed by atoms with Crippen LogP contribution in [0.1, 0.15) is 49.0 Å². The summed E-state index contributed by atoms with van der Waals surface area (Å²) in [5.74, 6) is 0.218. The van der Waals surface area contributed by atoms with Crippen molar-refractivity contribution in [1.82, 2.24) is 0 Å². The Bertz CT molecular complexity index is 538. The highest BCUT2D eigenvalue weighted by molar-refractivity contribution is 6.30. The average molecular weight is 308 g/mol. The molecule has 1 aromatic rings. The molecule has 1 heterocycles. The number of alkyl halides is 1. The Balaban J connectivity index is 2.31. The lowest BCUT2D eigenvalue weighted by Gasteiger charge is -2.32. The maximum Gasteiger partial charge on any atom is 0.230 e. The van der Waals surface area contributed by atoms with Gasteiger partial charge in [-0.2, -0.15) is 0 Å². The molecule has 21 heavy (non-hydrogen) atoms. The van der Waals surface area contributed by atoms with Crippen molar-refractivity contribution < 1.29 is 9.59 Å². The number of amides is 1. The van der Waals surface area contributed by atoms with Crippen molar-refractivity contribution in [2.24, 2.45) is 5.92 Å². The zero-order valence-corrected chi connectivity index (χ0v) is 13.4. The Labute approximate surface area is 131 Å². The van der Waals surface area contributed by atoms with Crippen LogP contribution in [0.4, 0.5) is 5.69 Å². The van der Waals surface area contributed by atoms with Gasteiger partial charge in [0.1, 0.15) is 0 Å². The van der Waals surface area contributed by atoms with Crippen LogP contribution in [0.15, 0.2) is 18.2 Å². The molecule has 4 heteroatoms. The monoisotopic (exact) mass is 307 g/mol. The maximum atomic E-state index is 12.6. The largest absolute Gasteiger partial charge is 0.312 e. The van der Waals surface area contributed by atoms with E-state index in [4.69, 9.17) is 11.6 Å². The fourth-order valence-electron chi connectivity index (χ4n) is 2.93. The van der Waals surface area contributed by atoms with Crippen molar-refractivity contribution in [2.45, 2.75) is 39.5 Å². The number of ketones is 1. The topological polar surface area (TPSA) is 37.4 Å². The van der Waals surface area contributed by atoms with Crippen LogP contribution in [0.2, 0.25) is 0 Å². The number of fused-ring (bicyclic) bond motifs is 1. The number of halogens is 1.